The standard InChI is InChI=1S/C15H22ClN5O/c1-17-8-11-4-7-21(10-11)14(22)13-12(16)9-18-15(19-13)20-5-2-3-6-20/h9,11,17H,2-8,10H2,1H3/t11-/m1/s1. The van der Waals surface area contributed by atoms with Crippen molar-refractivity contribution < 1.29 is 4.79 Å². The van der Waals surface area contributed by atoms with Gasteiger partial charge in [0.25, 0.3) is 5.91 Å². The van der Waals surface area contributed by atoms with Crippen molar-refractivity contribution in [1.82, 2.24) is 20.2 Å². The van der Waals surface area contributed by atoms with Crippen molar-refractivity contribution in [1.29, 1.82) is 0 Å². The van der Waals surface area contributed by atoms with Crippen molar-refractivity contribution >= 4 is 23.5 Å². The van der Waals surface area contributed by atoms with E-state index in [1.807, 2.05) is 11.9 Å². The molecular formula is C15H22ClN5O. The molecule has 1 amide bonds. The zero-order chi connectivity index (χ0) is 15.5. The van der Waals surface area contributed by atoms with Gasteiger partial charge in [-0.2, -0.15) is 0 Å². The Balaban J connectivity index is 1.75. The average molecular weight is 324 g/mol. The van der Waals surface area contributed by atoms with E-state index in [0.29, 0.717) is 22.6 Å². The number of carbonyl (C=O) groups is 1. The predicted molar refractivity (Wildman–Crippen MR) is 86.4 cm³/mol. The van der Waals surface area contributed by atoms with Crippen LogP contribution >= 0.6 is 11.6 Å². The van der Waals surface area contributed by atoms with Crippen LogP contribution in [0.15, 0.2) is 6.20 Å². The van der Waals surface area contributed by atoms with E-state index in [-0.39, 0.29) is 5.91 Å². The number of hydrogen-bond acceptors (Lipinski definition) is 5. The number of hydrogen-bond donors (Lipinski definition) is 1. The minimum atomic E-state index is -0.0774. The third-order valence-electron chi connectivity index (χ3n) is 4.39. The highest BCUT2D eigenvalue weighted by molar-refractivity contribution is 6.33. The molecule has 3 heterocycles. The molecule has 0 radical (unpaired) electrons. The highest BCUT2D eigenvalue weighted by atomic mass is 35.5. The van der Waals surface area contributed by atoms with E-state index in [9.17, 15) is 4.79 Å². The van der Waals surface area contributed by atoms with Gasteiger partial charge in [0, 0.05) is 26.2 Å². The van der Waals surface area contributed by atoms with E-state index in [1.54, 1.807) is 6.20 Å². The molecule has 120 valence electrons. The Labute approximate surface area is 135 Å². The lowest BCUT2D eigenvalue weighted by Gasteiger charge is -2.19. The van der Waals surface area contributed by atoms with Gasteiger partial charge in [0.1, 0.15) is 0 Å². The number of anilines is 1. The lowest BCUT2D eigenvalue weighted by Crippen LogP contribution is -2.32. The van der Waals surface area contributed by atoms with Crippen molar-refractivity contribution in [3.8, 4) is 0 Å². The van der Waals surface area contributed by atoms with Gasteiger partial charge in [0.05, 0.1) is 11.2 Å². The summed E-state index contributed by atoms with van der Waals surface area (Å²) in [5.41, 5.74) is 0.337. The van der Waals surface area contributed by atoms with E-state index in [1.165, 1.54) is 0 Å². The number of rotatable bonds is 4. The number of likely N-dealkylation sites (tertiary alicyclic amines) is 1. The van der Waals surface area contributed by atoms with Gasteiger partial charge in [-0.1, -0.05) is 11.6 Å². The average Bonchev–Trinajstić information content (AvgIpc) is 3.19. The van der Waals surface area contributed by atoms with Gasteiger partial charge >= 0.3 is 0 Å². The molecule has 2 aliphatic rings. The Bertz CT molecular complexity index is 547. The summed E-state index contributed by atoms with van der Waals surface area (Å²) in [4.78, 5) is 25.4. The maximum atomic E-state index is 12.7. The van der Waals surface area contributed by atoms with E-state index in [4.69, 9.17) is 11.6 Å². The van der Waals surface area contributed by atoms with Crippen LogP contribution in [0.5, 0.6) is 0 Å². The molecule has 0 aromatic carbocycles. The molecule has 3 rings (SSSR count). The van der Waals surface area contributed by atoms with Crippen LogP contribution in [0.4, 0.5) is 5.95 Å². The van der Waals surface area contributed by atoms with E-state index in [0.717, 1.165) is 52.0 Å². The van der Waals surface area contributed by atoms with Gasteiger partial charge in [0.15, 0.2) is 5.69 Å². The third kappa shape index (κ3) is 3.17. The highest BCUT2D eigenvalue weighted by Gasteiger charge is 2.29. The molecule has 0 saturated carbocycles. The Hall–Kier alpha value is -1.40. The maximum Gasteiger partial charge on any atom is 0.274 e. The van der Waals surface area contributed by atoms with Crippen LogP contribution in [0.3, 0.4) is 0 Å². The largest absolute Gasteiger partial charge is 0.341 e. The van der Waals surface area contributed by atoms with Crippen molar-refractivity contribution in [2.75, 3.05) is 44.7 Å². The van der Waals surface area contributed by atoms with Gasteiger partial charge in [-0.3, -0.25) is 4.79 Å². The fourth-order valence-corrected chi connectivity index (χ4v) is 3.37. The quantitative estimate of drug-likeness (QED) is 0.908. The maximum absolute atomic E-state index is 12.7. The van der Waals surface area contributed by atoms with Crippen LogP contribution < -0.4 is 10.2 Å². The molecule has 1 N–H and O–H groups in total. The Morgan fingerprint density at radius 1 is 1.41 bits per heavy atom. The van der Waals surface area contributed by atoms with Crippen molar-refractivity contribution in [2.45, 2.75) is 19.3 Å². The first-order valence-electron chi connectivity index (χ1n) is 7.90. The topological polar surface area (TPSA) is 61.4 Å². The molecule has 6 nitrogen and oxygen atoms in total. The number of nitrogens with zero attached hydrogens (tertiary/aromatic N) is 4. The van der Waals surface area contributed by atoms with E-state index < -0.39 is 0 Å². The number of aromatic nitrogens is 2. The summed E-state index contributed by atoms with van der Waals surface area (Å²) in [5, 5.41) is 3.51. The van der Waals surface area contributed by atoms with E-state index in [2.05, 4.69) is 20.2 Å². The molecule has 7 heteroatoms. The lowest BCUT2D eigenvalue weighted by atomic mass is 10.1. The van der Waals surface area contributed by atoms with Crippen LogP contribution in [0.1, 0.15) is 29.8 Å². The molecule has 0 aliphatic carbocycles. The molecule has 0 bridgehead atoms. The molecule has 2 aliphatic heterocycles. The van der Waals surface area contributed by atoms with Crippen molar-refractivity contribution in [3.63, 3.8) is 0 Å². The second kappa shape index (κ2) is 6.79. The Morgan fingerprint density at radius 2 is 2.18 bits per heavy atom. The Kier molecular flexibility index (Phi) is 4.78. The summed E-state index contributed by atoms with van der Waals surface area (Å²) in [6.45, 7) is 4.36. The summed E-state index contributed by atoms with van der Waals surface area (Å²) in [5.74, 6) is 1.05. The van der Waals surface area contributed by atoms with Gasteiger partial charge < -0.3 is 15.1 Å². The molecule has 1 aromatic rings. The fraction of sp³-hybridized carbons (Fsp3) is 0.667. The third-order valence-corrected chi connectivity index (χ3v) is 4.67. The number of carbonyl (C=O) groups excluding carboxylic acids is 1. The zero-order valence-corrected chi connectivity index (χ0v) is 13.6. The molecule has 0 unspecified atom stereocenters. The number of halogens is 1. The summed E-state index contributed by atoms with van der Waals surface area (Å²) >= 11 is 6.17. The van der Waals surface area contributed by atoms with Crippen LogP contribution in [0.2, 0.25) is 5.02 Å². The van der Waals surface area contributed by atoms with Crippen LogP contribution in [-0.2, 0) is 0 Å². The smallest absolute Gasteiger partial charge is 0.274 e. The minimum Gasteiger partial charge on any atom is -0.341 e. The summed E-state index contributed by atoms with van der Waals surface area (Å²) in [6.07, 6.45) is 4.87. The van der Waals surface area contributed by atoms with Gasteiger partial charge in [0.2, 0.25) is 5.95 Å². The normalized spacial score (nSPS) is 21.6. The summed E-state index contributed by atoms with van der Waals surface area (Å²) in [6, 6.07) is 0. The minimum absolute atomic E-state index is 0.0774. The molecule has 2 saturated heterocycles. The Morgan fingerprint density at radius 3 is 2.91 bits per heavy atom. The van der Waals surface area contributed by atoms with Gasteiger partial charge in [-0.25, -0.2) is 9.97 Å². The second-order valence-electron chi connectivity index (χ2n) is 6.02. The monoisotopic (exact) mass is 323 g/mol. The zero-order valence-electron chi connectivity index (χ0n) is 12.9. The first-order chi connectivity index (χ1) is 10.7. The number of amides is 1. The molecule has 1 atom stereocenters. The van der Waals surface area contributed by atoms with E-state index >= 15 is 0 Å². The van der Waals surface area contributed by atoms with Crippen molar-refractivity contribution in [3.05, 3.63) is 16.9 Å². The van der Waals surface area contributed by atoms with Gasteiger partial charge in [-0.05, 0) is 38.8 Å². The van der Waals surface area contributed by atoms with Gasteiger partial charge in [-0.15, -0.1) is 0 Å². The predicted octanol–water partition coefficient (Wildman–Crippen LogP) is 1.41. The molecule has 22 heavy (non-hydrogen) atoms. The van der Waals surface area contributed by atoms with Crippen LogP contribution in [0.25, 0.3) is 0 Å². The van der Waals surface area contributed by atoms with Crippen LogP contribution in [-0.4, -0.2) is 60.5 Å². The van der Waals surface area contributed by atoms with Crippen molar-refractivity contribution in [2.24, 2.45) is 5.92 Å². The first-order valence-corrected chi connectivity index (χ1v) is 8.28. The second-order valence-corrected chi connectivity index (χ2v) is 6.43. The number of nitrogens with one attached hydrogen (secondary N) is 1. The first kappa shape index (κ1) is 15.5. The molecular weight excluding hydrogens is 302 g/mol. The summed E-state index contributed by atoms with van der Waals surface area (Å²) in [7, 11) is 1.94. The molecule has 0 spiro atoms. The SMILES string of the molecule is CNC[C@H]1CCN(C(=O)c2nc(N3CCCC3)ncc2Cl)C1. The fourth-order valence-electron chi connectivity index (χ4n) is 3.20. The molecule has 1 aromatic heterocycles. The summed E-state index contributed by atoms with van der Waals surface area (Å²) < 4.78 is 0. The lowest BCUT2D eigenvalue weighted by molar-refractivity contribution is 0.0781. The highest BCUT2D eigenvalue weighted by Crippen LogP contribution is 2.23. The molecule has 2 fully saturated rings. The van der Waals surface area contributed by atoms with Crippen LogP contribution in [0, 0.1) is 5.92 Å².